The van der Waals surface area contributed by atoms with Gasteiger partial charge in [0.2, 0.25) is 0 Å². The van der Waals surface area contributed by atoms with Gasteiger partial charge in [0.15, 0.2) is 5.78 Å². The number of allylic oxidation sites excluding steroid dienone is 1. The third-order valence-corrected chi connectivity index (χ3v) is 9.93. The zero-order chi connectivity index (χ0) is 19.5. The number of carbonyl (C=O) groups excluding carboxylic acids is 2. The lowest BCUT2D eigenvalue weighted by atomic mass is 9.47. The molecule has 0 bridgehead atoms. The Bertz CT molecular complexity index is 857. The fourth-order valence-corrected chi connectivity index (χ4v) is 8.36. The van der Waals surface area contributed by atoms with Crippen molar-refractivity contribution in [2.24, 2.45) is 28.6 Å². The maximum Gasteiger partial charge on any atom is 0.169 e. The summed E-state index contributed by atoms with van der Waals surface area (Å²) in [6, 6.07) is 10.4. The van der Waals surface area contributed by atoms with E-state index in [0.717, 1.165) is 49.9 Å². The molecule has 0 heterocycles. The van der Waals surface area contributed by atoms with Gasteiger partial charge in [-0.25, -0.2) is 0 Å². The highest BCUT2D eigenvalue weighted by Gasteiger charge is 2.59. The molecule has 0 saturated heterocycles. The number of carbonyl (C=O) groups is 2. The van der Waals surface area contributed by atoms with Crippen LogP contribution >= 0.6 is 11.8 Å². The molecule has 2 nitrogen and oxygen atoms in total. The van der Waals surface area contributed by atoms with Gasteiger partial charge in [-0.15, -0.1) is 0 Å². The van der Waals surface area contributed by atoms with Gasteiger partial charge in [0.05, 0.1) is 4.91 Å². The van der Waals surface area contributed by atoms with E-state index in [1.165, 1.54) is 10.5 Å². The maximum atomic E-state index is 12.9. The highest BCUT2D eigenvalue weighted by atomic mass is 32.2. The van der Waals surface area contributed by atoms with Crippen LogP contribution in [-0.4, -0.2) is 11.6 Å². The molecule has 3 heteroatoms. The summed E-state index contributed by atoms with van der Waals surface area (Å²) in [5.41, 5.74) is 1.51. The van der Waals surface area contributed by atoms with Gasteiger partial charge >= 0.3 is 0 Å². The Hall–Kier alpha value is -1.35. The maximum absolute atomic E-state index is 12.9. The molecule has 0 spiro atoms. The first-order chi connectivity index (χ1) is 13.4. The highest BCUT2D eigenvalue weighted by molar-refractivity contribution is 8.04. The summed E-state index contributed by atoms with van der Waals surface area (Å²) >= 11 is 1.69. The Morgan fingerprint density at radius 2 is 1.61 bits per heavy atom. The Kier molecular flexibility index (Phi) is 4.39. The molecule has 4 aliphatic rings. The number of benzene rings is 1. The van der Waals surface area contributed by atoms with Crippen molar-refractivity contribution in [1.82, 2.24) is 0 Å². The third kappa shape index (κ3) is 2.61. The summed E-state index contributed by atoms with van der Waals surface area (Å²) in [6.45, 7) is 4.69. The molecule has 0 aliphatic heterocycles. The van der Waals surface area contributed by atoms with Gasteiger partial charge in [0.25, 0.3) is 0 Å². The minimum atomic E-state index is -0.0646. The summed E-state index contributed by atoms with van der Waals surface area (Å²) in [6.07, 6.45) is 7.97. The Labute approximate surface area is 172 Å². The second-order valence-electron chi connectivity index (χ2n) is 9.90. The standard InChI is InChI=1S/C25H30O2S/c1-24-15-13-21(26)23(28-16-6-4-3-5-7-16)20(24)9-8-17-18-10-11-22(27)25(18,2)14-12-19(17)24/h3-7,17-19H,8-15H2,1-2H3/t17-,18-,19+,24+,25-/m0/s1. The number of Topliss-reactive ketones (excluding diaryl/α,β-unsaturated/α-hetero) is 2. The van der Waals surface area contributed by atoms with Crippen LogP contribution in [-0.2, 0) is 9.59 Å². The van der Waals surface area contributed by atoms with Gasteiger partial charge in [-0.2, -0.15) is 0 Å². The second-order valence-corrected chi connectivity index (χ2v) is 11.0. The molecule has 0 N–H and O–H groups in total. The average molecular weight is 395 g/mol. The molecule has 148 valence electrons. The zero-order valence-electron chi connectivity index (χ0n) is 17.0. The summed E-state index contributed by atoms with van der Waals surface area (Å²) in [5.74, 6) is 2.73. The quantitative estimate of drug-likeness (QED) is 0.598. The van der Waals surface area contributed by atoms with E-state index in [0.29, 0.717) is 35.7 Å². The molecule has 4 aliphatic carbocycles. The first kappa shape index (κ1) is 18.7. The summed E-state index contributed by atoms with van der Waals surface area (Å²) in [7, 11) is 0. The molecular weight excluding hydrogens is 364 g/mol. The molecule has 0 amide bonds. The average Bonchev–Trinajstić information content (AvgIpc) is 3.00. The zero-order valence-corrected chi connectivity index (χ0v) is 17.8. The third-order valence-electron chi connectivity index (χ3n) is 8.74. The predicted octanol–water partition coefficient (Wildman–Crippen LogP) is 6.21. The lowest BCUT2D eigenvalue weighted by Crippen LogP contribution is -2.51. The van der Waals surface area contributed by atoms with E-state index in [4.69, 9.17) is 0 Å². The number of rotatable bonds is 2. The molecule has 1 aromatic rings. The first-order valence-corrected chi connectivity index (χ1v) is 11.8. The molecule has 0 radical (unpaired) electrons. The lowest BCUT2D eigenvalue weighted by molar-refractivity contribution is -0.132. The SMILES string of the molecule is C[C@]12CCC(=O)C(Sc3ccccc3)=C1CC[C@@H]1[C@H]2CC[C@]2(C)C(=O)CC[C@@H]12. The number of thioether (sulfide) groups is 1. The molecule has 5 atom stereocenters. The molecule has 0 unspecified atom stereocenters. The van der Waals surface area contributed by atoms with E-state index in [1.807, 2.05) is 6.07 Å². The largest absolute Gasteiger partial charge is 0.299 e. The van der Waals surface area contributed by atoms with Crippen molar-refractivity contribution in [2.75, 3.05) is 0 Å². The van der Waals surface area contributed by atoms with Crippen LogP contribution < -0.4 is 0 Å². The van der Waals surface area contributed by atoms with Crippen molar-refractivity contribution in [3.8, 4) is 0 Å². The number of ketones is 2. The van der Waals surface area contributed by atoms with Crippen LogP contribution in [0, 0.1) is 28.6 Å². The van der Waals surface area contributed by atoms with Crippen LogP contribution in [0.25, 0.3) is 0 Å². The van der Waals surface area contributed by atoms with Gasteiger partial charge in [0.1, 0.15) is 5.78 Å². The lowest BCUT2D eigenvalue weighted by Gasteiger charge is -2.57. The van der Waals surface area contributed by atoms with Crippen molar-refractivity contribution >= 4 is 23.3 Å². The number of hydrogen-bond donors (Lipinski definition) is 0. The van der Waals surface area contributed by atoms with E-state index >= 15 is 0 Å². The van der Waals surface area contributed by atoms with Crippen molar-refractivity contribution in [3.63, 3.8) is 0 Å². The Balaban J connectivity index is 1.51. The molecule has 28 heavy (non-hydrogen) atoms. The highest BCUT2D eigenvalue weighted by Crippen LogP contribution is 2.65. The topological polar surface area (TPSA) is 34.1 Å². The van der Waals surface area contributed by atoms with Crippen LogP contribution in [0.2, 0.25) is 0 Å². The normalized spacial score (nSPS) is 40.1. The first-order valence-electron chi connectivity index (χ1n) is 11.0. The Morgan fingerprint density at radius 1 is 0.857 bits per heavy atom. The van der Waals surface area contributed by atoms with E-state index in [-0.39, 0.29) is 10.8 Å². The van der Waals surface area contributed by atoms with Crippen LogP contribution in [0.1, 0.15) is 65.2 Å². The summed E-state index contributed by atoms with van der Waals surface area (Å²) < 4.78 is 0. The van der Waals surface area contributed by atoms with E-state index < -0.39 is 0 Å². The molecule has 1 aromatic carbocycles. The Morgan fingerprint density at radius 3 is 2.39 bits per heavy atom. The van der Waals surface area contributed by atoms with Gasteiger partial charge in [-0.3, -0.25) is 9.59 Å². The van der Waals surface area contributed by atoms with Gasteiger partial charge < -0.3 is 0 Å². The van der Waals surface area contributed by atoms with Crippen molar-refractivity contribution < 1.29 is 9.59 Å². The number of hydrogen-bond acceptors (Lipinski definition) is 3. The van der Waals surface area contributed by atoms with Crippen LogP contribution in [0.15, 0.2) is 45.7 Å². The van der Waals surface area contributed by atoms with Crippen molar-refractivity contribution in [2.45, 2.75) is 70.1 Å². The van der Waals surface area contributed by atoms with E-state index in [2.05, 4.69) is 38.1 Å². The molecular formula is C25H30O2S. The number of fused-ring (bicyclic) bond motifs is 5. The van der Waals surface area contributed by atoms with Crippen LogP contribution in [0.4, 0.5) is 0 Å². The van der Waals surface area contributed by atoms with Crippen LogP contribution in [0.3, 0.4) is 0 Å². The van der Waals surface area contributed by atoms with Gasteiger partial charge in [-0.1, -0.05) is 43.8 Å². The van der Waals surface area contributed by atoms with E-state index in [9.17, 15) is 9.59 Å². The van der Waals surface area contributed by atoms with E-state index in [1.54, 1.807) is 11.8 Å². The van der Waals surface area contributed by atoms with Crippen LogP contribution in [0.5, 0.6) is 0 Å². The van der Waals surface area contributed by atoms with Crippen molar-refractivity contribution in [1.29, 1.82) is 0 Å². The van der Waals surface area contributed by atoms with Gasteiger partial charge in [-0.05, 0) is 79.4 Å². The predicted molar refractivity (Wildman–Crippen MR) is 113 cm³/mol. The molecule has 0 aromatic heterocycles. The fourth-order valence-electron chi connectivity index (χ4n) is 7.16. The minimum absolute atomic E-state index is 0.0646. The molecule has 3 fully saturated rings. The minimum Gasteiger partial charge on any atom is -0.299 e. The smallest absolute Gasteiger partial charge is 0.169 e. The fraction of sp³-hybridized carbons (Fsp3) is 0.600. The van der Waals surface area contributed by atoms with Crippen molar-refractivity contribution in [3.05, 3.63) is 40.8 Å². The molecule has 3 saturated carbocycles. The molecule has 5 rings (SSSR count). The summed E-state index contributed by atoms with van der Waals surface area (Å²) in [4.78, 5) is 27.7. The van der Waals surface area contributed by atoms with Gasteiger partial charge in [0, 0.05) is 23.2 Å². The summed E-state index contributed by atoms with van der Waals surface area (Å²) in [5, 5.41) is 0. The monoisotopic (exact) mass is 394 g/mol. The second kappa shape index (κ2) is 6.58.